The molecule has 180 valence electrons. The average molecular weight is 511 g/mol. The van der Waals surface area contributed by atoms with Gasteiger partial charge in [0, 0.05) is 12.8 Å². The number of aryl methyl sites for hydroxylation is 1. The molecular formula is C24H23ClN6O3S. The average Bonchev–Trinajstić information content (AvgIpc) is 3.30. The van der Waals surface area contributed by atoms with Crippen molar-refractivity contribution in [2.45, 2.75) is 17.5 Å². The van der Waals surface area contributed by atoms with Crippen molar-refractivity contribution in [2.24, 2.45) is 12.8 Å². The number of nitrogens with zero attached hydrogens (tertiary/aromatic N) is 5. The second-order valence-corrected chi connectivity index (χ2v) is 9.02. The van der Waals surface area contributed by atoms with Crippen LogP contribution in [0.15, 0.2) is 78.0 Å². The van der Waals surface area contributed by atoms with Crippen LogP contribution in [-0.2, 0) is 21.4 Å². The number of carbonyl (C=O) groups is 2. The van der Waals surface area contributed by atoms with Gasteiger partial charge < -0.3 is 10.5 Å². The number of amides is 1. The molecule has 0 saturated carbocycles. The van der Waals surface area contributed by atoms with Gasteiger partial charge in [0.15, 0.2) is 11.9 Å². The van der Waals surface area contributed by atoms with Gasteiger partial charge in [0.1, 0.15) is 17.1 Å². The van der Waals surface area contributed by atoms with Gasteiger partial charge in [0.2, 0.25) is 5.91 Å². The van der Waals surface area contributed by atoms with Crippen molar-refractivity contribution in [3.8, 4) is 0 Å². The lowest BCUT2D eigenvalue weighted by molar-refractivity contribution is -0.153. The van der Waals surface area contributed by atoms with Crippen LogP contribution >= 0.6 is 24.2 Å². The molecule has 0 aliphatic carbocycles. The molecule has 1 amide bonds. The van der Waals surface area contributed by atoms with E-state index < -0.39 is 18.1 Å². The van der Waals surface area contributed by atoms with Crippen molar-refractivity contribution in [3.63, 3.8) is 0 Å². The van der Waals surface area contributed by atoms with Gasteiger partial charge in [-0.1, -0.05) is 66.7 Å². The third-order valence-corrected chi connectivity index (χ3v) is 7.07. The number of nitrogens with two attached hydrogens (primary N) is 1. The van der Waals surface area contributed by atoms with Crippen LogP contribution in [0.1, 0.15) is 23.1 Å². The van der Waals surface area contributed by atoms with Crippen LogP contribution in [-0.4, -0.2) is 54.2 Å². The molecule has 1 saturated heterocycles. The molecule has 35 heavy (non-hydrogen) atoms. The Hall–Kier alpha value is -3.47. The number of benzene rings is 2. The summed E-state index contributed by atoms with van der Waals surface area (Å²) < 4.78 is 7.58. The van der Waals surface area contributed by atoms with E-state index in [4.69, 9.17) is 10.5 Å². The van der Waals surface area contributed by atoms with Crippen LogP contribution in [0.4, 0.5) is 0 Å². The second kappa shape index (κ2) is 10.4. The first-order valence-electron chi connectivity index (χ1n) is 10.7. The van der Waals surface area contributed by atoms with Gasteiger partial charge in [-0.25, -0.2) is 9.48 Å². The molecule has 3 aromatic rings. The van der Waals surface area contributed by atoms with E-state index in [1.807, 2.05) is 60.7 Å². The number of β-lactam (4-membered cyclic amide) rings is 1. The van der Waals surface area contributed by atoms with E-state index in [1.54, 1.807) is 19.2 Å². The normalized spacial score (nSPS) is 19.4. The molecule has 2 N–H and O–H groups in total. The van der Waals surface area contributed by atoms with Crippen LogP contribution in [0.5, 0.6) is 0 Å². The van der Waals surface area contributed by atoms with Gasteiger partial charge in [0.05, 0.1) is 0 Å². The van der Waals surface area contributed by atoms with Crippen molar-refractivity contribution in [2.75, 3.05) is 5.75 Å². The van der Waals surface area contributed by atoms with E-state index in [0.29, 0.717) is 17.2 Å². The zero-order valence-corrected chi connectivity index (χ0v) is 20.4. The summed E-state index contributed by atoms with van der Waals surface area (Å²) in [5, 5.41) is 11.1. The number of carbonyl (C=O) groups excluding carboxylic acids is 2. The van der Waals surface area contributed by atoms with E-state index in [0.717, 1.165) is 11.1 Å². The molecule has 0 bridgehead atoms. The number of ether oxygens (including phenoxy) is 1. The van der Waals surface area contributed by atoms with E-state index >= 15 is 0 Å². The fraction of sp³-hybridized carbons (Fsp3) is 0.208. The van der Waals surface area contributed by atoms with Gasteiger partial charge in [-0.3, -0.25) is 9.69 Å². The molecule has 3 heterocycles. The van der Waals surface area contributed by atoms with Gasteiger partial charge in [0.25, 0.3) is 0 Å². The Balaban J connectivity index is 0.00000289. The lowest BCUT2D eigenvalue weighted by Gasteiger charge is -2.48. The number of halogens is 1. The summed E-state index contributed by atoms with van der Waals surface area (Å²) in [5.74, 6) is 0.131. The summed E-state index contributed by atoms with van der Waals surface area (Å²) >= 11 is 1.51. The maximum Gasteiger partial charge on any atom is 0.356 e. The van der Waals surface area contributed by atoms with Crippen molar-refractivity contribution in [3.05, 3.63) is 95.0 Å². The van der Waals surface area contributed by atoms with Gasteiger partial charge in [-0.2, -0.15) is 0 Å². The zero-order valence-electron chi connectivity index (χ0n) is 18.7. The highest BCUT2D eigenvalue weighted by Crippen LogP contribution is 2.41. The molecule has 9 nitrogen and oxygen atoms in total. The summed E-state index contributed by atoms with van der Waals surface area (Å²) in [7, 11) is 1.72. The SMILES string of the molecule is Cl.Cn1nnnc1C=CC1=C(C(=O)OC(c2ccccc2)c2ccccc2)N2C(=O)C(N)[C@H]2SC1. The molecule has 2 aliphatic heterocycles. The Morgan fingerprint density at radius 3 is 2.31 bits per heavy atom. The third-order valence-electron chi connectivity index (χ3n) is 5.75. The number of allylic oxidation sites excluding steroid dienone is 1. The molecule has 2 aliphatic rings. The number of thioether (sulfide) groups is 1. The van der Waals surface area contributed by atoms with Crippen LogP contribution < -0.4 is 5.73 Å². The monoisotopic (exact) mass is 510 g/mol. The lowest BCUT2D eigenvalue weighted by Crippen LogP contribution is -2.68. The Labute approximate surface area is 212 Å². The maximum absolute atomic E-state index is 13.6. The zero-order chi connectivity index (χ0) is 23.7. The number of aromatic nitrogens is 4. The topological polar surface area (TPSA) is 116 Å². The number of rotatable bonds is 6. The fourth-order valence-electron chi connectivity index (χ4n) is 3.96. The quantitative estimate of drug-likeness (QED) is 0.397. The largest absolute Gasteiger partial charge is 0.448 e. The Kier molecular flexibility index (Phi) is 7.34. The van der Waals surface area contributed by atoms with Gasteiger partial charge in [-0.05, 0) is 33.2 Å². The minimum atomic E-state index is -0.639. The van der Waals surface area contributed by atoms with Crippen LogP contribution in [0.2, 0.25) is 0 Å². The molecule has 0 spiro atoms. The number of esters is 1. The molecule has 2 atom stereocenters. The van der Waals surface area contributed by atoms with Crippen LogP contribution in [0, 0.1) is 0 Å². The summed E-state index contributed by atoms with van der Waals surface area (Å²) in [4.78, 5) is 27.7. The third kappa shape index (κ3) is 4.72. The molecule has 2 aromatic carbocycles. The molecular weight excluding hydrogens is 488 g/mol. The number of tetrazole rings is 1. The molecule has 5 rings (SSSR count). The second-order valence-electron chi connectivity index (χ2n) is 7.91. The van der Waals surface area contributed by atoms with Crippen molar-refractivity contribution in [1.82, 2.24) is 25.1 Å². The van der Waals surface area contributed by atoms with Gasteiger partial charge in [-0.15, -0.1) is 29.3 Å². The first kappa shape index (κ1) is 24.6. The summed E-state index contributed by atoms with van der Waals surface area (Å²) in [6, 6.07) is 18.4. The predicted octanol–water partition coefficient (Wildman–Crippen LogP) is 2.47. The van der Waals surface area contributed by atoms with Crippen molar-refractivity contribution < 1.29 is 14.3 Å². The highest BCUT2D eigenvalue weighted by Gasteiger charge is 2.52. The number of fused-ring (bicyclic) bond motifs is 1. The first-order valence-corrected chi connectivity index (χ1v) is 11.7. The molecule has 0 radical (unpaired) electrons. The van der Waals surface area contributed by atoms with Gasteiger partial charge >= 0.3 is 5.97 Å². The smallest absolute Gasteiger partial charge is 0.356 e. The highest BCUT2D eigenvalue weighted by molar-refractivity contribution is 8.00. The number of hydrogen-bond acceptors (Lipinski definition) is 8. The van der Waals surface area contributed by atoms with Crippen molar-refractivity contribution in [1.29, 1.82) is 0 Å². The van der Waals surface area contributed by atoms with E-state index in [1.165, 1.54) is 21.3 Å². The molecule has 1 unspecified atom stereocenters. The van der Waals surface area contributed by atoms with Crippen molar-refractivity contribution >= 4 is 42.1 Å². The maximum atomic E-state index is 13.6. The molecule has 1 fully saturated rings. The van der Waals surface area contributed by atoms with E-state index in [-0.39, 0.29) is 29.4 Å². The summed E-state index contributed by atoms with van der Waals surface area (Å²) in [6.07, 6.45) is 2.83. The Morgan fingerprint density at radius 2 is 1.74 bits per heavy atom. The lowest BCUT2D eigenvalue weighted by atomic mass is 10.0. The Morgan fingerprint density at radius 1 is 1.11 bits per heavy atom. The summed E-state index contributed by atoms with van der Waals surface area (Å²) in [5.41, 5.74) is 8.52. The minimum absolute atomic E-state index is 0. The fourth-order valence-corrected chi connectivity index (χ4v) is 5.22. The Bertz CT molecular complexity index is 1240. The first-order chi connectivity index (χ1) is 16.5. The standard InChI is InChI=1S/C24H22N6O3S.ClH/c1-29-18(26-27-28-29)13-12-17-14-34-23-19(25)22(31)30(23)20(17)24(32)33-21(15-8-4-2-5-9-15)16-10-6-3-7-11-16;/h2-13,19,21,23H,14,25H2,1H3;1H/t19?,23-;/m1./s1. The van der Waals surface area contributed by atoms with Crippen LogP contribution in [0.3, 0.4) is 0 Å². The van der Waals surface area contributed by atoms with E-state index in [2.05, 4.69) is 15.5 Å². The number of hydrogen-bond donors (Lipinski definition) is 1. The molecule has 11 heteroatoms. The highest BCUT2D eigenvalue weighted by atomic mass is 35.5. The van der Waals surface area contributed by atoms with E-state index in [9.17, 15) is 9.59 Å². The molecule has 1 aromatic heterocycles. The minimum Gasteiger partial charge on any atom is -0.448 e. The summed E-state index contributed by atoms with van der Waals surface area (Å²) in [6.45, 7) is 0. The predicted molar refractivity (Wildman–Crippen MR) is 134 cm³/mol. The van der Waals surface area contributed by atoms with Crippen LogP contribution in [0.25, 0.3) is 6.08 Å².